The van der Waals surface area contributed by atoms with Crippen molar-refractivity contribution in [3.63, 3.8) is 0 Å². The molecule has 0 spiro atoms. The van der Waals surface area contributed by atoms with E-state index in [4.69, 9.17) is 32.7 Å². The zero-order valence-electron chi connectivity index (χ0n) is 16.7. The van der Waals surface area contributed by atoms with Gasteiger partial charge in [-0.3, -0.25) is 14.6 Å². The first-order chi connectivity index (χ1) is 14.9. The van der Waals surface area contributed by atoms with E-state index in [0.29, 0.717) is 12.2 Å². The van der Waals surface area contributed by atoms with Crippen LogP contribution in [0.1, 0.15) is 30.0 Å². The lowest BCUT2D eigenvalue weighted by atomic mass is 9.95. The van der Waals surface area contributed by atoms with Crippen LogP contribution in [-0.2, 0) is 14.3 Å². The molecule has 4 rings (SSSR count). The van der Waals surface area contributed by atoms with Crippen LogP contribution in [0.5, 0.6) is 5.75 Å². The number of hydrogen-bond acceptors (Lipinski definition) is 6. The largest absolute Gasteiger partial charge is 0.507 e. The predicted octanol–water partition coefficient (Wildman–Crippen LogP) is 4.00. The predicted molar refractivity (Wildman–Crippen MR) is 115 cm³/mol. The Bertz CT molecular complexity index is 1050. The lowest BCUT2D eigenvalue weighted by Gasteiger charge is -2.27. The molecule has 9 heteroatoms. The number of aliphatic hydroxyl groups excluding tert-OH is 1. The maximum atomic E-state index is 13.1. The van der Waals surface area contributed by atoms with Crippen LogP contribution in [0.4, 0.5) is 0 Å². The number of nitrogens with zero attached hydrogens (tertiary/aromatic N) is 2. The molecule has 2 aromatic rings. The standard InChI is InChI=1S/C22H20Cl2N2O5/c1-30-21-15(9-13(23)10-16(21)24)19(27)17-18(12-4-6-25-7-5-12)26(22(29)20(17)28)11-14-3-2-8-31-14/h4-7,9-10,14,18,27H,2-3,8,11H2,1H3/b19-17+. The van der Waals surface area contributed by atoms with Crippen LogP contribution in [0, 0.1) is 0 Å². The number of pyridine rings is 1. The van der Waals surface area contributed by atoms with Gasteiger partial charge >= 0.3 is 0 Å². The number of likely N-dealkylation sites (tertiary alicyclic amines) is 1. The molecule has 2 fully saturated rings. The monoisotopic (exact) mass is 462 g/mol. The summed E-state index contributed by atoms with van der Waals surface area (Å²) < 4.78 is 11.0. The summed E-state index contributed by atoms with van der Waals surface area (Å²) in [6, 6.07) is 5.51. The van der Waals surface area contributed by atoms with Gasteiger partial charge in [-0.25, -0.2) is 0 Å². The van der Waals surface area contributed by atoms with Crippen molar-refractivity contribution in [3.8, 4) is 5.75 Å². The molecule has 0 aliphatic carbocycles. The second kappa shape index (κ2) is 8.86. The van der Waals surface area contributed by atoms with E-state index >= 15 is 0 Å². The van der Waals surface area contributed by atoms with Crippen LogP contribution in [0.15, 0.2) is 42.2 Å². The van der Waals surface area contributed by atoms with Gasteiger partial charge in [0, 0.05) is 30.6 Å². The Kier molecular flexibility index (Phi) is 6.18. The van der Waals surface area contributed by atoms with Gasteiger partial charge in [0.05, 0.1) is 35.4 Å². The van der Waals surface area contributed by atoms with E-state index in [9.17, 15) is 14.7 Å². The summed E-state index contributed by atoms with van der Waals surface area (Å²) in [7, 11) is 1.39. The number of carbonyl (C=O) groups excluding carboxylic acids is 2. The van der Waals surface area contributed by atoms with Crippen LogP contribution in [-0.4, -0.2) is 53.0 Å². The quantitative estimate of drug-likeness (QED) is 0.410. The minimum absolute atomic E-state index is 0.0640. The van der Waals surface area contributed by atoms with Gasteiger partial charge in [0.15, 0.2) is 0 Å². The topological polar surface area (TPSA) is 89.0 Å². The summed E-state index contributed by atoms with van der Waals surface area (Å²) in [4.78, 5) is 31.5. The Morgan fingerprint density at radius 3 is 2.68 bits per heavy atom. The molecule has 1 aromatic heterocycles. The normalized spacial score (nSPS) is 22.9. The van der Waals surface area contributed by atoms with Crippen LogP contribution in [0.2, 0.25) is 10.0 Å². The molecule has 7 nitrogen and oxygen atoms in total. The number of carbonyl (C=O) groups is 2. The minimum atomic E-state index is -0.810. The molecule has 162 valence electrons. The summed E-state index contributed by atoms with van der Waals surface area (Å²) in [6.07, 6.45) is 4.66. The van der Waals surface area contributed by atoms with E-state index in [2.05, 4.69) is 4.98 Å². The molecular formula is C22H20Cl2N2O5. The number of methoxy groups -OCH3 is 1. The molecule has 0 radical (unpaired) electrons. The number of ketones is 1. The third kappa shape index (κ3) is 4.01. The molecule has 2 aliphatic rings. The highest BCUT2D eigenvalue weighted by Gasteiger charge is 2.47. The summed E-state index contributed by atoms with van der Waals surface area (Å²) in [5, 5.41) is 11.6. The van der Waals surface area contributed by atoms with E-state index < -0.39 is 23.5 Å². The van der Waals surface area contributed by atoms with E-state index in [1.54, 1.807) is 24.5 Å². The molecule has 2 unspecified atom stereocenters. The van der Waals surface area contributed by atoms with Crippen molar-refractivity contribution in [3.05, 3.63) is 63.4 Å². The van der Waals surface area contributed by atoms with Gasteiger partial charge in [-0.2, -0.15) is 0 Å². The number of rotatable bonds is 5. The highest BCUT2D eigenvalue weighted by Crippen LogP contribution is 2.43. The van der Waals surface area contributed by atoms with Gasteiger partial charge in [0.25, 0.3) is 11.7 Å². The molecule has 1 aromatic carbocycles. The molecule has 1 N–H and O–H groups in total. The second-order valence-corrected chi connectivity index (χ2v) is 8.18. The number of Topliss-reactive ketones (excluding diaryl/α,β-unsaturated/α-hetero) is 1. The molecular weight excluding hydrogens is 443 g/mol. The summed E-state index contributed by atoms with van der Waals surface area (Å²) in [6.45, 7) is 0.856. The van der Waals surface area contributed by atoms with E-state index in [1.165, 1.54) is 24.1 Å². The fourth-order valence-electron chi connectivity index (χ4n) is 4.06. The maximum Gasteiger partial charge on any atom is 0.295 e. The Morgan fingerprint density at radius 1 is 1.29 bits per heavy atom. The molecule has 0 saturated carbocycles. The summed E-state index contributed by atoms with van der Waals surface area (Å²) in [5.41, 5.74) is 0.709. The fraction of sp³-hybridized carbons (Fsp3) is 0.318. The van der Waals surface area contributed by atoms with Crippen molar-refractivity contribution in [2.75, 3.05) is 20.3 Å². The molecule has 1 amide bonds. The zero-order chi connectivity index (χ0) is 22.1. The third-order valence-corrected chi connectivity index (χ3v) is 5.95. The van der Waals surface area contributed by atoms with Crippen molar-refractivity contribution in [1.82, 2.24) is 9.88 Å². The van der Waals surface area contributed by atoms with Gasteiger partial charge in [-0.05, 0) is 42.7 Å². The van der Waals surface area contributed by atoms with Crippen molar-refractivity contribution in [1.29, 1.82) is 0 Å². The van der Waals surface area contributed by atoms with Gasteiger partial charge in [0.2, 0.25) is 0 Å². The molecule has 2 atom stereocenters. The highest BCUT2D eigenvalue weighted by atomic mass is 35.5. The molecule has 0 bridgehead atoms. The van der Waals surface area contributed by atoms with Crippen molar-refractivity contribution >= 4 is 40.7 Å². The third-order valence-electron chi connectivity index (χ3n) is 5.45. The Hall–Kier alpha value is -2.61. The van der Waals surface area contributed by atoms with E-state index in [0.717, 1.165) is 12.8 Å². The molecule has 2 aliphatic heterocycles. The summed E-state index contributed by atoms with van der Waals surface area (Å²) >= 11 is 12.3. The molecule has 3 heterocycles. The highest BCUT2D eigenvalue weighted by molar-refractivity contribution is 6.46. The van der Waals surface area contributed by atoms with Crippen LogP contribution in [0.25, 0.3) is 5.76 Å². The molecule has 31 heavy (non-hydrogen) atoms. The number of benzene rings is 1. The fourth-order valence-corrected chi connectivity index (χ4v) is 4.63. The van der Waals surface area contributed by atoms with Gasteiger partial charge < -0.3 is 19.5 Å². The number of aliphatic hydroxyl groups is 1. The average molecular weight is 463 g/mol. The van der Waals surface area contributed by atoms with Gasteiger partial charge in [0.1, 0.15) is 11.5 Å². The van der Waals surface area contributed by atoms with Crippen molar-refractivity contribution in [2.45, 2.75) is 25.0 Å². The SMILES string of the molecule is COc1c(Cl)cc(Cl)cc1/C(O)=C1\C(=O)C(=O)N(CC2CCCO2)C1c1ccncc1. The van der Waals surface area contributed by atoms with Crippen LogP contribution >= 0.6 is 23.2 Å². The minimum Gasteiger partial charge on any atom is -0.507 e. The van der Waals surface area contributed by atoms with E-state index in [1.807, 2.05) is 0 Å². The van der Waals surface area contributed by atoms with Gasteiger partial charge in [-0.1, -0.05) is 23.2 Å². The number of hydrogen-bond donors (Lipinski definition) is 1. The first-order valence-corrected chi connectivity index (χ1v) is 10.5. The first-order valence-electron chi connectivity index (χ1n) is 9.75. The Morgan fingerprint density at radius 2 is 2.03 bits per heavy atom. The molecule has 2 saturated heterocycles. The first kappa shape index (κ1) is 21.6. The Balaban J connectivity index is 1.88. The average Bonchev–Trinajstić information content (AvgIpc) is 3.36. The van der Waals surface area contributed by atoms with Crippen LogP contribution < -0.4 is 4.74 Å². The lowest BCUT2D eigenvalue weighted by molar-refractivity contribution is -0.140. The van der Waals surface area contributed by atoms with Crippen molar-refractivity contribution < 1.29 is 24.2 Å². The number of halogens is 2. The van der Waals surface area contributed by atoms with Crippen LogP contribution in [0.3, 0.4) is 0 Å². The number of aromatic nitrogens is 1. The number of amides is 1. The van der Waals surface area contributed by atoms with Crippen molar-refractivity contribution in [2.24, 2.45) is 0 Å². The maximum absolute atomic E-state index is 13.1. The second-order valence-electron chi connectivity index (χ2n) is 7.34. The Labute approximate surface area is 189 Å². The van der Waals surface area contributed by atoms with E-state index in [-0.39, 0.29) is 39.6 Å². The van der Waals surface area contributed by atoms with Gasteiger partial charge in [-0.15, -0.1) is 0 Å². The zero-order valence-corrected chi connectivity index (χ0v) is 18.2. The summed E-state index contributed by atoms with van der Waals surface area (Å²) in [5.74, 6) is -1.75. The number of ether oxygens (including phenoxy) is 2. The smallest absolute Gasteiger partial charge is 0.295 e. The lowest BCUT2D eigenvalue weighted by Crippen LogP contribution is -2.36.